The largest absolute Gasteiger partial charge is 0.494 e. The second-order valence-electron chi connectivity index (χ2n) is 8.54. The summed E-state index contributed by atoms with van der Waals surface area (Å²) in [5.41, 5.74) is 3.40. The van der Waals surface area contributed by atoms with Gasteiger partial charge in [0.15, 0.2) is 0 Å². The standard InChI is InChI=1S/C27H34N4O2/c1-4-33-26-11-10-20(2)16-25(26)21(3)30-27(32)23(17-28)18-29-24-12-14-31(15-13-24)19-22-8-6-5-7-9-22/h5-11,16,18,21,24,29H,4,12-15,19H2,1-3H3,(H,30,32)/b23-18-. The zero-order valence-electron chi connectivity index (χ0n) is 19.8. The molecule has 0 aliphatic carbocycles. The van der Waals surface area contributed by atoms with Crippen LogP contribution in [0.3, 0.4) is 0 Å². The minimum absolute atomic E-state index is 0.0826. The van der Waals surface area contributed by atoms with Crippen molar-refractivity contribution in [3.05, 3.63) is 77.0 Å². The van der Waals surface area contributed by atoms with Crippen LogP contribution in [0.25, 0.3) is 0 Å². The number of rotatable bonds is 9. The van der Waals surface area contributed by atoms with Crippen LogP contribution in [-0.4, -0.2) is 36.5 Å². The van der Waals surface area contributed by atoms with E-state index in [4.69, 9.17) is 4.74 Å². The molecule has 1 fully saturated rings. The number of nitrogens with one attached hydrogen (secondary N) is 2. The Morgan fingerprint density at radius 1 is 1.24 bits per heavy atom. The molecule has 1 unspecified atom stereocenters. The Labute approximate surface area is 197 Å². The van der Waals surface area contributed by atoms with Crippen molar-refractivity contribution in [3.8, 4) is 11.8 Å². The number of piperidine rings is 1. The minimum Gasteiger partial charge on any atom is -0.494 e. The van der Waals surface area contributed by atoms with Crippen LogP contribution in [0.2, 0.25) is 0 Å². The quantitative estimate of drug-likeness (QED) is 0.445. The summed E-state index contributed by atoms with van der Waals surface area (Å²) in [6.07, 6.45) is 3.52. The number of nitriles is 1. The fourth-order valence-corrected chi connectivity index (χ4v) is 4.09. The van der Waals surface area contributed by atoms with E-state index in [-0.39, 0.29) is 23.6 Å². The Bertz CT molecular complexity index is 989. The van der Waals surface area contributed by atoms with Crippen molar-refractivity contribution in [1.29, 1.82) is 5.26 Å². The Hall–Kier alpha value is -3.30. The molecule has 2 N–H and O–H groups in total. The van der Waals surface area contributed by atoms with Gasteiger partial charge in [0.25, 0.3) is 5.91 Å². The fourth-order valence-electron chi connectivity index (χ4n) is 4.09. The van der Waals surface area contributed by atoms with Gasteiger partial charge in [0.1, 0.15) is 17.4 Å². The number of carbonyl (C=O) groups is 1. The van der Waals surface area contributed by atoms with Crippen LogP contribution in [0.4, 0.5) is 0 Å². The number of hydrogen-bond donors (Lipinski definition) is 2. The van der Waals surface area contributed by atoms with Crippen LogP contribution in [0, 0.1) is 18.3 Å². The van der Waals surface area contributed by atoms with Gasteiger partial charge < -0.3 is 15.4 Å². The molecule has 1 atom stereocenters. The lowest BCUT2D eigenvalue weighted by Gasteiger charge is -2.32. The van der Waals surface area contributed by atoms with Crippen molar-refractivity contribution in [2.75, 3.05) is 19.7 Å². The van der Waals surface area contributed by atoms with Crippen LogP contribution < -0.4 is 15.4 Å². The highest BCUT2D eigenvalue weighted by molar-refractivity contribution is 5.97. The van der Waals surface area contributed by atoms with Crippen molar-refractivity contribution in [2.45, 2.75) is 52.2 Å². The van der Waals surface area contributed by atoms with Gasteiger partial charge in [-0.1, -0.05) is 48.0 Å². The Kier molecular flexibility index (Phi) is 8.91. The minimum atomic E-state index is -0.386. The van der Waals surface area contributed by atoms with Crippen LogP contribution >= 0.6 is 0 Å². The summed E-state index contributed by atoms with van der Waals surface area (Å²) in [4.78, 5) is 15.2. The maximum Gasteiger partial charge on any atom is 0.263 e. The van der Waals surface area contributed by atoms with E-state index in [2.05, 4.69) is 39.8 Å². The van der Waals surface area contributed by atoms with Crippen molar-refractivity contribution in [1.82, 2.24) is 15.5 Å². The second kappa shape index (κ2) is 12.1. The van der Waals surface area contributed by atoms with Gasteiger partial charge in [-0.3, -0.25) is 9.69 Å². The molecule has 3 rings (SSSR count). The summed E-state index contributed by atoms with van der Waals surface area (Å²) in [6.45, 7) is 9.31. The zero-order chi connectivity index (χ0) is 23.6. The highest BCUT2D eigenvalue weighted by atomic mass is 16.5. The molecule has 0 spiro atoms. The van der Waals surface area contributed by atoms with E-state index in [0.717, 1.165) is 49.4 Å². The molecule has 1 saturated heterocycles. The summed E-state index contributed by atoms with van der Waals surface area (Å²) >= 11 is 0. The summed E-state index contributed by atoms with van der Waals surface area (Å²) in [6, 6.07) is 18.4. The smallest absolute Gasteiger partial charge is 0.263 e. The average Bonchev–Trinajstić information content (AvgIpc) is 2.82. The molecule has 2 aromatic carbocycles. The lowest BCUT2D eigenvalue weighted by molar-refractivity contribution is -0.117. The first-order chi connectivity index (χ1) is 16.0. The molecule has 1 aliphatic rings. The molecule has 0 radical (unpaired) electrons. The lowest BCUT2D eigenvalue weighted by atomic mass is 10.0. The van der Waals surface area contributed by atoms with Gasteiger partial charge in [-0.05, 0) is 45.2 Å². The maximum atomic E-state index is 12.7. The van der Waals surface area contributed by atoms with E-state index in [9.17, 15) is 10.1 Å². The van der Waals surface area contributed by atoms with Crippen molar-refractivity contribution in [3.63, 3.8) is 0 Å². The summed E-state index contributed by atoms with van der Waals surface area (Å²) < 4.78 is 5.71. The molecule has 1 amide bonds. The number of nitrogens with zero attached hydrogens (tertiary/aromatic N) is 2. The van der Waals surface area contributed by atoms with Gasteiger partial charge in [0, 0.05) is 37.4 Å². The highest BCUT2D eigenvalue weighted by Gasteiger charge is 2.20. The van der Waals surface area contributed by atoms with Crippen LogP contribution in [-0.2, 0) is 11.3 Å². The average molecular weight is 447 g/mol. The van der Waals surface area contributed by atoms with Gasteiger partial charge in [-0.2, -0.15) is 5.26 Å². The number of likely N-dealkylation sites (tertiary alicyclic amines) is 1. The molecular formula is C27H34N4O2. The van der Waals surface area contributed by atoms with E-state index in [1.807, 2.05) is 51.1 Å². The zero-order valence-corrected chi connectivity index (χ0v) is 19.8. The number of amides is 1. The van der Waals surface area contributed by atoms with Gasteiger partial charge >= 0.3 is 0 Å². The van der Waals surface area contributed by atoms with Gasteiger partial charge in [0.05, 0.1) is 12.6 Å². The molecule has 33 heavy (non-hydrogen) atoms. The lowest BCUT2D eigenvalue weighted by Crippen LogP contribution is -2.40. The molecular weight excluding hydrogens is 412 g/mol. The summed E-state index contributed by atoms with van der Waals surface area (Å²) in [5.74, 6) is 0.363. The van der Waals surface area contributed by atoms with Gasteiger partial charge in [-0.15, -0.1) is 0 Å². The molecule has 0 bridgehead atoms. The van der Waals surface area contributed by atoms with Gasteiger partial charge in [0.2, 0.25) is 0 Å². The summed E-state index contributed by atoms with van der Waals surface area (Å²) in [7, 11) is 0. The van der Waals surface area contributed by atoms with E-state index in [0.29, 0.717) is 6.61 Å². The Morgan fingerprint density at radius 2 is 1.97 bits per heavy atom. The molecule has 174 valence electrons. The normalized spacial score (nSPS) is 16.0. The third-order valence-electron chi connectivity index (χ3n) is 5.94. The third-order valence-corrected chi connectivity index (χ3v) is 5.94. The number of hydrogen-bond acceptors (Lipinski definition) is 5. The molecule has 0 aromatic heterocycles. The fraction of sp³-hybridized carbons (Fsp3) is 0.407. The number of carbonyl (C=O) groups excluding carboxylic acids is 1. The maximum absolute atomic E-state index is 12.7. The first kappa shape index (κ1) is 24.3. The monoisotopic (exact) mass is 446 g/mol. The highest BCUT2D eigenvalue weighted by Crippen LogP contribution is 2.26. The number of benzene rings is 2. The van der Waals surface area contributed by atoms with Crippen molar-refractivity contribution >= 4 is 5.91 Å². The predicted octanol–water partition coefficient (Wildman–Crippen LogP) is 4.23. The number of aryl methyl sites for hydroxylation is 1. The second-order valence-corrected chi connectivity index (χ2v) is 8.54. The van der Waals surface area contributed by atoms with Gasteiger partial charge in [-0.25, -0.2) is 0 Å². The number of ether oxygens (including phenoxy) is 1. The molecule has 1 heterocycles. The van der Waals surface area contributed by atoms with E-state index >= 15 is 0 Å². The molecule has 6 nitrogen and oxygen atoms in total. The Balaban J connectivity index is 1.53. The molecule has 2 aromatic rings. The van der Waals surface area contributed by atoms with Crippen molar-refractivity contribution in [2.24, 2.45) is 0 Å². The Morgan fingerprint density at radius 3 is 2.64 bits per heavy atom. The first-order valence-corrected chi connectivity index (χ1v) is 11.7. The van der Waals surface area contributed by atoms with E-state index in [1.54, 1.807) is 6.20 Å². The molecule has 1 aliphatic heterocycles. The van der Waals surface area contributed by atoms with E-state index in [1.165, 1.54) is 5.56 Å². The topological polar surface area (TPSA) is 77.4 Å². The SMILES string of the molecule is CCOc1ccc(C)cc1C(C)NC(=O)/C(C#N)=C\NC1CCN(Cc2ccccc2)CC1. The van der Waals surface area contributed by atoms with Crippen molar-refractivity contribution < 1.29 is 9.53 Å². The predicted molar refractivity (Wildman–Crippen MR) is 130 cm³/mol. The molecule has 0 saturated carbocycles. The van der Waals surface area contributed by atoms with E-state index < -0.39 is 0 Å². The van der Waals surface area contributed by atoms with Crippen LogP contribution in [0.1, 0.15) is 49.4 Å². The molecule has 6 heteroatoms. The summed E-state index contributed by atoms with van der Waals surface area (Å²) in [5, 5.41) is 15.8. The first-order valence-electron chi connectivity index (χ1n) is 11.7. The third kappa shape index (κ3) is 7.10. The van der Waals surface area contributed by atoms with Crippen LogP contribution in [0.5, 0.6) is 5.75 Å². The van der Waals surface area contributed by atoms with Crippen LogP contribution in [0.15, 0.2) is 60.3 Å².